The molecule has 1 aromatic heterocycles. The molecule has 11 heteroatoms. The number of hydrogen-bond acceptors (Lipinski definition) is 5. The van der Waals surface area contributed by atoms with Crippen molar-refractivity contribution >= 4 is 50.2 Å². The number of carbonyl (C=O) groups is 2. The number of nitrogens with zero attached hydrogens (tertiary/aromatic N) is 4. The average Bonchev–Trinajstić information content (AvgIpc) is 3.24. The van der Waals surface area contributed by atoms with E-state index in [2.05, 4.69) is 10.6 Å². The molecule has 186 valence electrons. The topological polar surface area (TPSA) is 116 Å². The van der Waals surface area contributed by atoms with Gasteiger partial charge in [-0.2, -0.15) is 18.0 Å². The number of aryl methyl sites for hydroxylation is 1. The van der Waals surface area contributed by atoms with Crippen LogP contribution < -0.4 is 9.62 Å². The number of amides is 2. The van der Waals surface area contributed by atoms with Gasteiger partial charge in [0, 0.05) is 60.3 Å². The Balaban J connectivity index is 1.49. The molecule has 0 saturated carbocycles. The van der Waals surface area contributed by atoms with E-state index in [1.807, 2.05) is 53.3 Å². The molecule has 0 atom stereocenters. The van der Waals surface area contributed by atoms with Crippen LogP contribution >= 0.6 is 11.6 Å². The van der Waals surface area contributed by atoms with Crippen LogP contribution in [0.2, 0.25) is 5.02 Å². The van der Waals surface area contributed by atoms with Crippen LogP contribution in [0, 0.1) is 11.3 Å². The molecule has 1 N–H and O–H groups in total. The van der Waals surface area contributed by atoms with Crippen molar-refractivity contribution in [1.82, 2.24) is 13.6 Å². The lowest BCUT2D eigenvalue weighted by atomic mass is 9.76. The standard InChI is InChI=1S/C25H24ClN5O4S/c1-17(32)28-36(34,35)29-15-25(16-29)21-6-2-3-7-23(21)31(24(25)33)14-20-13-18-12-19(26)8-9-22(18)30(20)11-5-4-10-27/h2-3,6-9,12-13H,4-5,11,14-16H2,1H3,(H,28,32). The third-order valence-corrected chi connectivity index (χ3v) is 8.53. The molecule has 2 amide bonds. The monoisotopic (exact) mass is 525 g/mol. The van der Waals surface area contributed by atoms with Gasteiger partial charge in [-0.05, 0) is 42.3 Å². The third kappa shape index (κ3) is 3.93. The van der Waals surface area contributed by atoms with Crippen molar-refractivity contribution < 1.29 is 18.0 Å². The number of nitriles is 1. The zero-order chi connectivity index (χ0) is 25.7. The lowest BCUT2D eigenvalue weighted by molar-refractivity contribution is -0.127. The summed E-state index contributed by atoms with van der Waals surface area (Å²) in [6.45, 7) is 1.96. The summed E-state index contributed by atoms with van der Waals surface area (Å²) >= 11 is 6.22. The summed E-state index contributed by atoms with van der Waals surface area (Å²) in [5.74, 6) is -0.857. The van der Waals surface area contributed by atoms with E-state index >= 15 is 0 Å². The Kier molecular flexibility index (Phi) is 6.03. The highest BCUT2D eigenvalue weighted by Gasteiger charge is 2.60. The maximum absolute atomic E-state index is 13.9. The van der Waals surface area contributed by atoms with Crippen LogP contribution in [-0.2, 0) is 38.3 Å². The molecule has 9 nitrogen and oxygen atoms in total. The van der Waals surface area contributed by atoms with Crippen molar-refractivity contribution in [3.63, 3.8) is 0 Å². The van der Waals surface area contributed by atoms with Gasteiger partial charge in [0.25, 0.3) is 0 Å². The Morgan fingerprint density at radius 1 is 1.19 bits per heavy atom. The van der Waals surface area contributed by atoms with Gasteiger partial charge in [0.1, 0.15) is 5.41 Å². The summed E-state index contributed by atoms with van der Waals surface area (Å²) in [6, 6.07) is 17.2. The lowest BCUT2D eigenvalue weighted by Crippen LogP contribution is -2.67. The first-order valence-corrected chi connectivity index (χ1v) is 13.3. The zero-order valence-electron chi connectivity index (χ0n) is 19.6. The van der Waals surface area contributed by atoms with Crippen LogP contribution in [0.5, 0.6) is 0 Å². The lowest BCUT2D eigenvalue weighted by Gasteiger charge is -2.45. The van der Waals surface area contributed by atoms with E-state index in [4.69, 9.17) is 16.9 Å². The van der Waals surface area contributed by atoms with E-state index in [1.165, 1.54) is 0 Å². The van der Waals surface area contributed by atoms with Gasteiger partial charge in [-0.1, -0.05) is 29.8 Å². The highest BCUT2D eigenvalue weighted by molar-refractivity contribution is 7.87. The molecule has 3 aromatic rings. The van der Waals surface area contributed by atoms with Crippen molar-refractivity contribution in [1.29, 1.82) is 5.26 Å². The van der Waals surface area contributed by atoms with Gasteiger partial charge >= 0.3 is 10.2 Å². The molecule has 3 heterocycles. The predicted molar refractivity (Wildman–Crippen MR) is 135 cm³/mol. The number of benzene rings is 2. The van der Waals surface area contributed by atoms with Gasteiger partial charge in [0.15, 0.2) is 0 Å². The summed E-state index contributed by atoms with van der Waals surface area (Å²) in [5, 5.41) is 10.6. The van der Waals surface area contributed by atoms with Crippen LogP contribution in [0.15, 0.2) is 48.5 Å². The summed E-state index contributed by atoms with van der Waals surface area (Å²) in [5.41, 5.74) is 2.39. The summed E-state index contributed by atoms with van der Waals surface area (Å²) in [4.78, 5) is 26.9. The van der Waals surface area contributed by atoms with Crippen molar-refractivity contribution in [3.05, 3.63) is 64.8 Å². The minimum Gasteiger partial charge on any atom is -0.343 e. The van der Waals surface area contributed by atoms with Gasteiger partial charge in [-0.25, -0.2) is 4.72 Å². The number of nitrogens with one attached hydrogen (secondary N) is 1. The molecule has 1 saturated heterocycles. The van der Waals surface area contributed by atoms with Gasteiger partial charge < -0.3 is 9.47 Å². The van der Waals surface area contributed by atoms with E-state index < -0.39 is 21.5 Å². The van der Waals surface area contributed by atoms with Crippen LogP contribution in [-0.4, -0.2) is 42.2 Å². The molecule has 5 rings (SSSR count). The Labute approximate surface area is 214 Å². The molecule has 0 bridgehead atoms. The third-order valence-electron chi connectivity index (χ3n) is 6.81. The van der Waals surface area contributed by atoms with Crippen molar-refractivity contribution in [2.45, 2.75) is 38.3 Å². The van der Waals surface area contributed by atoms with Gasteiger partial charge in [0.05, 0.1) is 12.6 Å². The predicted octanol–water partition coefficient (Wildman–Crippen LogP) is 3.08. The quantitative estimate of drug-likeness (QED) is 0.476. The van der Waals surface area contributed by atoms with Gasteiger partial charge in [0.2, 0.25) is 11.8 Å². The highest BCUT2D eigenvalue weighted by atomic mass is 35.5. The molecule has 1 fully saturated rings. The molecule has 0 unspecified atom stereocenters. The number of unbranched alkanes of at least 4 members (excludes halogenated alkanes) is 1. The zero-order valence-corrected chi connectivity index (χ0v) is 21.1. The number of hydrogen-bond donors (Lipinski definition) is 1. The fraction of sp³-hybridized carbons (Fsp3) is 0.320. The molecular weight excluding hydrogens is 502 g/mol. The first kappa shape index (κ1) is 24.3. The number of halogens is 1. The second-order valence-electron chi connectivity index (χ2n) is 9.17. The number of anilines is 1. The Bertz CT molecular complexity index is 1540. The van der Waals surface area contributed by atoms with Crippen molar-refractivity contribution in [3.8, 4) is 6.07 Å². The SMILES string of the molecule is CC(=O)NS(=O)(=O)N1CC2(C1)C(=O)N(Cc1cc3cc(Cl)ccc3n1CCCC#N)c1ccccc12. The summed E-state index contributed by atoms with van der Waals surface area (Å²) < 4.78 is 30.2. The normalized spacial score (nSPS) is 16.7. The first-order chi connectivity index (χ1) is 17.2. The minimum atomic E-state index is -4.01. The van der Waals surface area contributed by atoms with E-state index in [9.17, 15) is 18.0 Å². The van der Waals surface area contributed by atoms with Crippen LogP contribution in [0.3, 0.4) is 0 Å². The largest absolute Gasteiger partial charge is 0.343 e. The maximum atomic E-state index is 13.9. The molecule has 0 aliphatic carbocycles. The highest BCUT2D eigenvalue weighted by Crippen LogP contribution is 2.48. The minimum absolute atomic E-state index is 0.0390. The molecule has 2 aliphatic rings. The number of rotatable bonds is 7. The molecule has 1 spiro atoms. The van der Waals surface area contributed by atoms with E-state index in [0.717, 1.165) is 39.1 Å². The van der Waals surface area contributed by atoms with Crippen molar-refractivity contribution in [2.75, 3.05) is 18.0 Å². The smallest absolute Gasteiger partial charge is 0.303 e. The Morgan fingerprint density at radius 3 is 2.67 bits per heavy atom. The number of carbonyl (C=O) groups excluding carboxylic acids is 2. The van der Waals surface area contributed by atoms with E-state index in [1.54, 1.807) is 4.90 Å². The van der Waals surface area contributed by atoms with E-state index in [-0.39, 0.29) is 25.5 Å². The van der Waals surface area contributed by atoms with Gasteiger partial charge in [-0.15, -0.1) is 0 Å². The number of fused-ring (bicyclic) bond motifs is 3. The first-order valence-electron chi connectivity index (χ1n) is 11.5. The van der Waals surface area contributed by atoms with Crippen molar-refractivity contribution in [2.24, 2.45) is 0 Å². The average molecular weight is 526 g/mol. The number of para-hydroxylation sites is 1. The van der Waals surface area contributed by atoms with E-state index in [0.29, 0.717) is 24.4 Å². The van der Waals surface area contributed by atoms with Crippen LogP contribution in [0.4, 0.5) is 5.69 Å². The molecular formula is C25H24ClN5O4S. The summed E-state index contributed by atoms with van der Waals surface area (Å²) in [6.07, 6.45) is 1.08. The fourth-order valence-electron chi connectivity index (χ4n) is 5.20. The summed E-state index contributed by atoms with van der Waals surface area (Å²) in [7, 11) is -4.01. The fourth-order valence-corrected chi connectivity index (χ4v) is 6.66. The second-order valence-corrected chi connectivity index (χ2v) is 11.3. The Hall–Kier alpha value is -3.39. The molecule has 2 aromatic carbocycles. The Morgan fingerprint density at radius 2 is 1.94 bits per heavy atom. The van der Waals surface area contributed by atoms with Gasteiger partial charge in [-0.3, -0.25) is 9.59 Å². The molecule has 0 radical (unpaired) electrons. The maximum Gasteiger partial charge on any atom is 0.303 e. The van der Waals surface area contributed by atoms with Crippen LogP contribution in [0.1, 0.15) is 31.0 Å². The van der Waals surface area contributed by atoms with Crippen LogP contribution in [0.25, 0.3) is 10.9 Å². The second kappa shape index (κ2) is 8.92. The molecule has 36 heavy (non-hydrogen) atoms. The molecule has 2 aliphatic heterocycles. The number of aromatic nitrogens is 1.